The molecule has 0 saturated carbocycles. The van der Waals surface area contributed by atoms with Gasteiger partial charge in [-0.05, 0) is 51.1 Å². The molecule has 0 saturated heterocycles. The van der Waals surface area contributed by atoms with Crippen molar-refractivity contribution < 1.29 is 0 Å². The Balaban J connectivity index is 4.49. The summed E-state index contributed by atoms with van der Waals surface area (Å²) in [5.74, 6) is 0.740. The predicted octanol–water partition coefficient (Wildman–Crippen LogP) is 3.77. The largest absolute Gasteiger partial charge is 0.316 e. The van der Waals surface area contributed by atoms with Crippen molar-refractivity contribution in [2.45, 2.75) is 67.3 Å². The van der Waals surface area contributed by atoms with E-state index in [-0.39, 0.29) is 0 Å². The Hall–Kier alpha value is -0.0800. The average Bonchev–Trinajstić information content (AvgIpc) is 2.33. The van der Waals surface area contributed by atoms with Crippen molar-refractivity contribution >= 4 is 0 Å². The minimum atomic E-state index is 0.440. The van der Waals surface area contributed by atoms with E-state index in [1.54, 1.807) is 0 Å². The Labute approximate surface area is 116 Å². The molecule has 110 valence electrons. The standard InChI is InChI=1S/C16H36N2/c1-8-16(9-2,12-17-11-14(4)5)13-18(10-3)15(6)7/h14-15,17H,8-13H2,1-7H3. The van der Waals surface area contributed by atoms with Gasteiger partial charge in [0.25, 0.3) is 0 Å². The molecule has 0 spiro atoms. The Morgan fingerprint density at radius 1 is 1.00 bits per heavy atom. The van der Waals surface area contributed by atoms with E-state index in [2.05, 4.69) is 58.7 Å². The molecule has 0 fully saturated rings. The van der Waals surface area contributed by atoms with Gasteiger partial charge in [-0.1, -0.05) is 34.6 Å². The van der Waals surface area contributed by atoms with Gasteiger partial charge in [0.15, 0.2) is 0 Å². The van der Waals surface area contributed by atoms with Crippen LogP contribution in [-0.2, 0) is 0 Å². The number of hydrogen-bond acceptors (Lipinski definition) is 2. The maximum absolute atomic E-state index is 3.67. The Morgan fingerprint density at radius 3 is 1.89 bits per heavy atom. The van der Waals surface area contributed by atoms with E-state index in [0.717, 1.165) is 25.6 Å². The first-order chi connectivity index (χ1) is 8.40. The van der Waals surface area contributed by atoms with E-state index in [0.29, 0.717) is 11.5 Å². The highest BCUT2D eigenvalue weighted by molar-refractivity contribution is 4.84. The highest BCUT2D eigenvalue weighted by Gasteiger charge is 2.28. The van der Waals surface area contributed by atoms with Crippen LogP contribution in [0.1, 0.15) is 61.3 Å². The maximum atomic E-state index is 3.67. The van der Waals surface area contributed by atoms with E-state index in [9.17, 15) is 0 Å². The molecule has 0 atom stereocenters. The summed E-state index contributed by atoms with van der Waals surface area (Å²) in [6, 6.07) is 0.651. The molecule has 0 aromatic carbocycles. The van der Waals surface area contributed by atoms with Gasteiger partial charge in [0.05, 0.1) is 0 Å². The number of rotatable bonds is 10. The van der Waals surface area contributed by atoms with Crippen molar-refractivity contribution in [3.63, 3.8) is 0 Å². The van der Waals surface area contributed by atoms with E-state index in [4.69, 9.17) is 0 Å². The molecule has 2 heteroatoms. The molecule has 0 aromatic rings. The van der Waals surface area contributed by atoms with Gasteiger partial charge in [-0.3, -0.25) is 0 Å². The second-order valence-corrected chi connectivity index (χ2v) is 6.39. The first-order valence-corrected chi connectivity index (χ1v) is 7.85. The van der Waals surface area contributed by atoms with Crippen molar-refractivity contribution in [1.82, 2.24) is 10.2 Å². The topological polar surface area (TPSA) is 15.3 Å². The molecule has 0 amide bonds. The summed E-state index contributed by atoms with van der Waals surface area (Å²) in [5, 5.41) is 3.67. The summed E-state index contributed by atoms with van der Waals surface area (Å²) in [5.41, 5.74) is 0.440. The first-order valence-electron chi connectivity index (χ1n) is 7.85. The lowest BCUT2D eigenvalue weighted by molar-refractivity contribution is 0.114. The summed E-state index contributed by atoms with van der Waals surface area (Å²) in [6.45, 7) is 20.8. The lowest BCUT2D eigenvalue weighted by atomic mass is 9.81. The highest BCUT2D eigenvalue weighted by atomic mass is 15.2. The molecule has 18 heavy (non-hydrogen) atoms. The Bertz CT molecular complexity index is 195. The van der Waals surface area contributed by atoms with Crippen LogP contribution in [0.4, 0.5) is 0 Å². The van der Waals surface area contributed by atoms with Crippen LogP contribution >= 0.6 is 0 Å². The molecule has 2 nitrogen and oxygen atoms in total. The van der Waals surface area contributed by atoms with Gasteiger partial charge in [-0.25, -0.2) is 0 Å². The van der Waals surface area contributed by atoms with Gasteiger partial charge in [0, 0.05) is 19.1 Å². The van der Waals surface area contributed by atoms with Crippen LogP contribution in [0.15, 0.2) is 0 Å². The number of hydrogen-bond donors (Lipinski definition) is 1. The van der Waals surface area contributed by atoms with Gasteiger partial charge >= 0.3 is 0 Å². The zero-order valence-electron chi connectivity index (χ0n) is 13.8. The monoisotopic (exact) mass is 256 g/mol. The normalized spacial score (nSPS) is 13.0. The van der Waals surface area contributed by atoms with Crippen LogP contribution in [0.2, 0.25) is 0 Å². The summed E-state index contributed by atoms with van der Waals surface area (Å²) in [6.07, 6.45) is 2.52. The zero-order valence-corrected chi connectivity index (χ0v) is 13.8. The number of nitrogens with one attached hydrogen (secondary N) is 1. The van der Waals surface area contributed by atoms with Gasteiger partial charge in [-0.2, -0.15) is 0 Å². The van der Waals surface area contributed by atoms with Gasteiger partial charge < -0.3 is 10.2 Å². The van der Waals surface area contributed by atoms with Crippen molar-refractivity contribution in [3.8, 4) is 0 Å². The molecule has 1 N–H and O–H groups in total. The predicted molar refractivity (Wildman–Crippen MR) is 83.1 cm³/mol. The fraction of sp³-hybridized carbons (Fsp3) is 1.00. The molecule has 0 aliphatic heterocycles. The zero-order chi connectivity index (χ0) is 14.2. The van der Waals surface area contributed by atoms with Crippen LogP contribution in [0, 0.1) is 11.3 Å². The minimum Gasteiger partial charge on any atom is -0.316 e. The van der Waals surface area contributed by atoms with Gasteiger partial charge in [-0.15, -0.1) is 0 Å². The SMILES string of the molecule is CCN(CC(CC)(CC)CNCC(C)C)C(C)C. The molecular weight excluding hydrogens is 220 g/mol. The molecule has 0 aliphatic carbocycles. The molecule has 0 rings (SSSR count). The molecule has 0 radical (unpaired) electrons. The van der Waals surface area contributed by atoms with E-state index in [1.807, 2.05) is 0 Å². The fourth-order valence-corrected chi connectivity index (χ4v) is 2.50. The second-order valence-electron chi connectivity index (χ2n) is 6.39. The van der Waals surface area contributed by atoms with Crippen LogP contribution in [-0.4, -0.2) is 37.1 Å². The summed E-state index contributed by atoms with van der Waals surface area (Å²) in [4.78, 5) is 2.60. The first kappa shape index (κ1) is 17.9. The average molecular weight is 256 g/mol. The van der Waals surface area contributed by atoms with E-state index in [1.165, 1.54) is 19.4 Å². The van der Waals surface area contributed by atoms with Crippen molar-refractivity contribution in [2.24, 2.45) is 11.3 Å². The summed E-state index contributed by atoms with van der Waals surface area (Å²) >= 11 is 0. The number of nitrogens with zero attached hydrogens (tertiary/aromatic N) is 1. The third kappa shape index (κ3) is 6.19. The fourth-order valence-electron chi connectivity index (χ4n) is 2.50. The van der Waals surface area contributed by atoms with Crippen molar-refractivity contribution in [3.05, 3.63) is 0 Å². The summed E-state index contributed by atoms with van der Waals surface area (Å²) in [7, 11) is 0. The molecule has 0 heterocycles. The second kappa shape index (κ2) is 8.92. The molecule has 0 unspecified atom stereocenters. The Kier molecular flexibility index (Phi) is 8.89. The Morgan fingerprint density at radius 2 is 1.56 bits per heavy atom. The van der Waals surface area contributed by atoms with Crippen LogP contribution in [0.25, 0.3) is 0 Å². The highest BCUT2D eigenvalue weighted by Crippen LogP contribution is 2.27. The van der Waals surface area contributed by atoms with Crippen molar-refractivity contribution in [2.75, 3.05) is 26.2 Å². The van der Waals surface area contributed by atoms with Crippen LogP contribution < -0.4 is 5.32 Å². The third-order valence-corrected chi connectivity index (χ3v) is 4.23. The van der Waals surface area contributed by atoms with E-state index < -0.39 is 0 Å². The molecular formula is C16H36N2. The quantitative estimate of drug-likeness (QED) is 0.640. The van der Waals surface area contributed by atoms with Crippen molar-refractivity contribution in [1.29, 1.82) is 0 Å². The van der Waals surface area contributed by atoms with Crippen LogP contribution in [0.3, 0.4) is 0 Å². The molecule has 0 bridgehead atoms. The lowest BCUT2D eigenvalue weighted by Gasteiger charge is -2.39. The third-order valence-electron chi connectivity index (χ3n) is 4.23. The van der Waals surface area contributed by atoms with E-state index >= 15 is 0 Å². The molecule has 0 aliphatic rings. The maximum Gasteiger partial charge on any atom is 0.00525 e. The minimum absolute atomic E-state index is 0.440. The van der Waals surface area contributed by atoms with Crippen LogP contribution in [0.5, 0.6) is 0 Å². The van der Waals surface area contributed by atoms with Gasteiger partial charge in [0.2, 0.25) is 0 Å². The lowest BCUT2D eigenvalue weighted by Crippen LogP contribution is -2.46. The van der Waals surface area contributed by atoms with Gasteiger partial charge in [0.1, 0.15) is 0 Å². The molecule has 0 aromatic heterocycles. The smallest absolute Gasteiger partial charge is 0.00525 e. The summed E-state index contributed by atoms with van der Waals surface area (Å²) < 4.78 is 0.